The third-order valence-electron chi connectivity index (χ3n) is 3.23. The van der Waals surface area contributed by atoms with Crippen molar-refractivity contribution in [2.45, 2.75) is 19.0 Å². The smallest absolute Gasteiger partial charge is 0.383 e. The molecular formula is C13H16BrF3N2. The molecule has 1 N–H and O–H groups in total. The third kappa shape index (κ3) is 4.11. The van der Waals surface area contributed by atoms with Gasteiger partial charge in [0.1, 0.15) is 0 Å². The quantitative estimate of drug-likeness (QED) is 0.894. The van der Waals surface area contributed by atoms with Crippen molar-refractivity contribution >= 4 is 21.6 Å². The van der Waals surface area contributed by atoms with Gasteiger partial charge in [-0.3, -0.25) is 0 Å². The van der Waals surface area contributed by atoms with Crippen LogP contribution in [0.1, 0.15) is 18.4 Å². The van der Waals surface area contributed by atoms with Gasteiger partial charge in [0.15, 0.2) is 0 Å². The van der Waals surface area contributed by atoms with Crippen molar-refractivity contribution in [2.24, 2.45) is 0 Å². The maximum atomic E-state index is 12.8. The molecule has 1 aliphatic heterocycles. The van der Waals surface area contributed by atoms with E-state index in [2.05, 4.69) is 26.1 Å². The van der Waals surface area contributed by atoms with E-state index >= 15 is 0 Å². The van der Waals surface area contributed by atoms with Crippen LogP contribution in [-0.2, 0) is 6.18 Å². The summed E-state index contributed by atoms with van der Waals surface area (Å²) in [7, 11) is 0. The molecule has 2 nitrogen and oxygen atoms in total. The Bertz CT molecular complexity index is 428. The van der Waals surface area contributed by atoms with Gasteiger partial charge in [-0.1, -0.05) is 15.9 Å². The lowest BCUT2D eigenvalue weighted by Gasteiger charge is -2.18. The Kier molecular flexibility index (Phi) is 4.73. The summed E-state index contributed by atoms with van der Waals surface area (Å²) >= 11 is 3.20. The van der Waals surface area contributed by atoms with E-state index in [1.165, 1.54) is 25.0 Å². The van der Waals surface area contributed by atoms with Crippen LogP contribution in [0.4, 0.5) is 18.9 Å². The van der Waals surface area contributed by atoms with Gasteiger partial charge in [0, 0.05) is 23.2 Å². The molecular weight excluding hydrogens is 321 g/mol. The molecule has 1 saturated heterocycles. The molecule has 1 aromatic rings. The molecule has 0 atom stereocenters. The number of rotatable bonds is 4. The summed E-state index contributed by atoms with van der Waals surface area (Å²) in [4.78, 5) is 2.26. The fraction of sp³-hybridized carbons (Fsp3) is 0.538. The van der Waals surface area contributed by atoms with E-state index in [9.17, 15) is 13.2 Å². The molecule has 1 aromatic carbocycles. The summed E-state index contributed by atoms with van der Waals surface area (Å²) in [5.74, 6) is 0. The molecule has 1 aliphatic rings. The second-order valence-electron chi connectivity index (χ2n) is 4.66. The van der Waals surface area contributed by atoms with Gasteiger partial charge in [0.05, 0.1) is 5.56 Å². The Morgan fingerprint density at radius 1 is 1.21 bits per heavy atom. The zero-order chi connectivity index (χ0) is 13.9. The molecule has 0 saturated carbocycles. The van der Waals surface area contributed by atoms with Gasteiger partial charge < -0.3 is 10.2 Å². The highest BCUT2D eigenvalue weighted by Crippen LogP contribution is 2.36. The third-order valence-corrected chi connectivity index (χ3v) is 3.72. The van der Waals surface area contributed by atoms with Crippen LogP contribution in [0.2, 0.25) is 0 Å². The Balaban J connectivity index is 1.99. The fourth-order valence-electron chi connectivity index (χ4n) is 2.26. The average Bonchev–Trinajstić information content (AvgIpc) is 2.80. The number of hydrogen-bond acceptors (Lipinski definition) is 2. The first-order chi connectivity index (χ1) is 8.97. The van der Waals surface area contributed by atoms with Gasteiger partial charge in [0.2, 0.25) is 0 Å². The van der Waals surface area contributed by atoms with Crippen LogP contribution in [0.25, 0.3) is 0 Å². The predicted molar refractivity (Wildman–Crippen MR) is 73.3 cm³/mol. The minimum atomic E-state index is -4.32. The van der Waals surface area contributed by atoms with Gasteiger partial charge >= 0.3 is 6.18 Å². The molecule has 1 heterocycles. The number of halogens is 4. The number of anilines is 1. The number of nitrogens with one attached hydrogen (secondary N) is 1. The fourth-order valence-corrected chi connectivity index (χ4v) is 2.63. The topological polar surface area (TPSA) is 15.3 Å². The van der Waals surface area contributed by atoms with Crippen LogP contribution in [0, 0.1) is 0 Å². The van der Waals surface area contributed by atoms with Crippen molar-refractivity contribution in [1.29, 1.82) is 0 Å². The number of hydrogen-bond donors (Lipinski definition) is 1. The molecule has 19 heavy (non-hydrogen) atoms. The SMILES string of the molecule is FC(F)(F)c1ccc(Br)cc1NCCN1CCCC1. The van der Waals surface area contributed by atoms with Gasteiger partial charge in [-0.15, -0.1) is 0 Å². The second-order valence-corrected chi connectivity index (χ2v) is 5.58. The van der Waals surface area contributed by atoms with Gasteiger partial charge in [-0.25, -0.2) is 0 Å². The Labute approximate surface area is 119 Å². The lowest BCUT2D eigenvalue weighted by Crippen LogP contribution is -2.26. The maximum absolute atomic E-state index is 12.8. The number of alkyl halides is 3. The van der Waals surface area contributed by atoms with E-state index in [0.717, 1.165) is 25.7 Å². The highest BCUT2D eigenvalue weighted by atomic mass is 79.9. The largest absolute Gasteiger partial charge is 0.418 e. The van der Waals surface area contributed by atoms with E-state index in [1.807, 2.05) is 0 Å². The molecule has 0 radical (unpaired) electrons. The van der Waals surface area contributed by atoms with Gasteiger partial charge in [-0.05, 0) is 44.1 Å². The maximum Gasteiger partial charge on any atom is 0.418 e. The van der Waals surface area contributed by atoms with Crippen molar-refractivity contribution in [3.05, 3.63) is 28.2 Å². The van der Waals surface area contributed by atoms with E-state index in [0.29, 0.717) is 11.0 Å². The first-order valence-corrected chi connectivity index (χ1v) is 7.09. The van der Waals surface area contributed by atoms with Crippen LogP contribution < -0.4 is 5.32 Å². The van der Waals surface area contributed by atoms with Crippen LogP contribution in [-0.4, -0.2) is 31.1 Å². The lowest BCUT2D eigenvalue weighted by atomic mass is 10.1. The van der Waals surface area contributed by atoms with Crippen molar-refractivity contribution in [1.82, 2.24) is 4.90 Å². The molecule has 0 spiro atoms. The first kappa shape index (κ1) is 14.7. The van der Waals surface area contributed by atoms with Crippen LogP contribution in [0.3, 0.4) is 0 Å². The second kappa shape index (κ2) is 6.13. The van der Waals surface area contributed by atoms with Gasteiger partial charge in [0.25, 0.3) is 0 Å². The van der Waals surface area contributed by atoms with Crippen molar-refractivity contribution in [2.75, 3.05) is 31.5 Å². The summed E-state index contributed by atoms with van der Waals surface area (Å²) < 4.78 is 39.2. The molecule has 0 aliphatic carbocycles. The minimum absolute atomic E-state index is 0.140. The molecule has 0 amide bonds. The predicted octanol–water partition coefficient (Wildman–Crippen LogP) is 3.98. The Morgan fingerprint density at radius 2 is 1.89 bits per heavy atom. The van der Waals surface area contributed by atoms with Crippen molar-refractivity contribution in [3.8, 4) is 0 Å². The molecule has 0 aromatic heterocycles. The molecule has 1 fully saturated rings. The average molecular weight is 337 g/mol. The summed E-state index contributed by atoms with van der Waals surface area (Å²) in [6.07, 6.45) is -1.95. The monoisotopic (exact) mass is 336 g/mol. The highest BCUT2D eigenvalue weighted by Gasteiger charge is 2.33. The Morgan fingerprint density at radius 3 is 2.53 bits per heavy atom. The molecule has 6 heteroatoms. The van der Waals surface area contributed by atoms with E-state index in [-0.39, 0.29) is 5.69 Å². The standard InChI is InChI=1S/C13H16BrF3N2/c14-10-3-4-11(13(15,16)17)12(9-10)18-5-8-19-6-1-2-7-19/h3-4,9,18H,1-2,5-8H2. The van der Waals surface area contributed by atoms with E-state index < -0.39 is 11.7 Å². The van der Waals surface area contributed by atoms with Gasteiger partial charge in [-0.2, -0.15) is 13.2 Å². The normalized spacial score (nSPS) is 16.8. The first-order valence-electron chi connectivity index (χ1n) is 6.30. The lowest BCUT2D eigenvalue weighted by molar-refractivity contribution is -0.137. The van der Waals surface area contributed by atoms with Crippen LogP contribution >= 0.6 is 15.9 Å². The zero-order valence-electron chi connectivity index (χ0n) is 10.4. The molecule has 106 valence electrons. The molecule has 0 bridgehead atoms. The van der Waals surface area contributed by atoms with E-state index in [1.54, 1.807) is 0 Å². The zero-order valence-corrected chi connectivity index (χ0v) is 12.0. The van der Waals surface area contributed by atoms with Crippen LogP contribution in [0.5, 0.6) is 0 Å². The molecule has 0 unspecified atom stereocenters. The summed E-state index contributed by atoms with van der Waals surface area (Å²) in [5, 5.41) is 2.90. The van der Waals surface area contributed by atoms with E-state index in [4.69, 9.17) is 0 Å². The summed E-state index contributed by atoms with van der Waals surface area (Å²) in [6.45, 7) is 3.40. The number of nitrogens with zero attached hydrogens (tertiary/aromatic N) is 1. The Hall–Kier alpha value is -0.750. The number of likely N-dealkylation sites (tertiary alicyclic amines) is 1. The molecule has 2 rings (SSSR count). The summed E-state index contributed by atoms with van der Waals surface area (Å²) in [5.41, 5.74) is -0.474. The highest BCUT2D eigenvalue weighted by molar-refractivity contribution is 9.10. The summed E-state index contributed by atoms with van der Waals surface area (Å²) in [6, 6.07) is 3.99. The number of benzene rings is 1. The minimum Gasteiger partial charge on any atom is -0.383 e. The van der Waals surface area contributed by atoms with Crippen molar-refractivity contribution < 1.29 is 13.2 Å². The van der Waals surface area contributed by atoms with Crippen molar-refractivity contribution in [3.63, 3.8) is 0 Å². The van der Waals surface area contributed by atoms with Crippen LogP contribution in [0.15, 0.2) is 22.7 Å².